The molecular formula is C31H34N4O5. The SMILES string of the molecule is O=C1CCCN(c2ccc(NC(=O)C3(NC(=O)c4cc5ccccc5o4)CCCCC3)cc2NC(=O)C2CC2)C1. The van der Waals surface area contributed by atoms with Crippen molar-refractivity contribution in [3.8, 4) is 0 Å². The fraction of sp³-hybridized carbons (Fsp3) is 0.419. The molecule has 3 N–H and O–H groups in total. The Hall–Kier alpha value is -4.14. The summed E-state index contributed by atoms with van der Waals surface area (Å²) in [6, 6.07) is 14.5. The van der Waals surface area contributed by atoms with Gasteiger partial charge in [-0.15, -0.1) is 0 Å². The molecule has 208 valence electrons. The van der Waals surface area contributed by atoms with Gasteiger partial charge in [0.2, 0.25) is 11.8 Å². The molecule has 1 aromatic heterocycles. The number of hydrogen-bond donors (Lipinski definition) is 3. The van der Waals surface area contributed by atoms with Gasteiger partial charge >= 0.3 is 0 Å². The maximum atomic E-state index is 13.8. The van der Waals surface area contributed by atoms with Gasteiger partial charge in [0.05, 0.1) is 17.9 Å². The lowest BCUT2D eigenvalue weighted by Gasteiger charge is -2.36. The third-order valence-corrected chi connectivity index (χ3v) is 8.20. The zero-order valence-corrected chi connectivity index (χ0v) is 22.5. The van der Waals surface area contributed by atoms with Crippen LogP contribution in [0.3, 0.4) is 0 Å². The fourth-order valence-corrected chi connectivity index (χ4v) is 5.80. The van der Waals surface area contributed by atoms with E-state index in [2.05, 4.69) is 16.0 Å². The van der Waals surface area contributed by atoms with Crippen LogP contribution in [0.5, 0.6) is 0 Å². The highest BCUT2D eigenvalue weighted by molar-refractivity contribution is 6.05. The normalized spacial score (nSPS) is 18.8. The molecule has 3 amide bonds. The summed E-state index contributed by atoms with van der Waals surface area (Å²) in [7, 11) is 0. The Balaban J connectivity index is 1.24. The molecule has 0 radical (unpaired) electrons. The zero-order chi connectivity index (χ0) is 27.7. The van der Waals surface area contributed by atoms with E-state index < -0.39 is 11.4 Å². The van der Waals surface area contributed by atoms with Crippen LogP contribution in [-0.2, 0) is 14.4 Å². The van der Waals surface area contributed by atoms with Gasteiger partial charge in [-0.25, -0.2) is 0 Å². The lowest BCUT2D eigenvalue weighted by molar-refractivity contribution is -0.123. The number of nitrogens with zero attached hydrogens (tertiary/aromatic N) is 1. The maximum absolute atomic E-state index is 13.8. The number of Topliss-reactive ketones (excluding diaryl/α,β-unsaturated/α-hetero) is 1. The Morgan fingerprint density at radius 2 is 1.73 bits per heavy atom. The molecule has 3 aliphatic rings. The Morgan fingerprint density at radius 1 is 0.925 bits per heavy atom. The van der Waals surface area contributed by atoms with Crippen LogP contribution in [0.15, 0.2) is 52.9 Å². The summed E-state index contributed by atoms with van der Waals surface area (Å²) in [5, 5.41) is 9.87. The predicted octanol–water partition coefficient (Wildman–Crippen LogP) is 5.02. The highest BCUT2D eigenvalue weighted by atomic mass is 16.3. The average Bonchev–Trinajstić information content (AvgIpc) is 3.72. The number of benzene rings is 2. The van der Waals surface area contributed by atoms with E-state index >= 15 is 0 Å². The molecule has 6 rings (SSSR count). The van der Waals surface area contributed by atoms with E-state index in [1.54, 1.807) is 24.3 Å². The van der Waals surface area contributed by atoms with Crippen molar-refractivity contribution >= 4 is 51.5 Å². The van der Waals surface area contributed by atoms with Crippen molar-refractivity contribution in [2.24, 2.45) is 5.92 Å². The highest BCUT2D eigenvalue weighted by Gasteiger charge is 2.42. The van der Waals surface area contributed by atoms with Gasteiger partial charge in [0.25, 0.3) is 5.91 Å². The van der Waals surface area contributed by atoms with Gasteiger partial charge in [-0.05, 0) is 62.4 Å². The van der Waals surface area contributed by atoms with E-state index in [1.165, 1.54) is 0 Å². The van der Waals surface area contributed by atoms with E-state index in [-0.39, 0.29) is 29.3 Å². The van der Waals surface area contributed by atoms with Crippen molar-refractivity contribution in [1.82, 2.24) is 5.32 Å². The van der Waals surface area contributed by atoms with Gasteiger partial charge < -0.3 is 25.3 Å². The van der Waals surface area contributed by atoms with Crippen molar-refractivity contribution in [3.63, 3.8) is 0 Å². The number of anilines is 3. The van der Waals surface area contributed by atoms with E-state index in [0.29, 0.717) is 42.8 Å². The zero-order valence-electron chi connectivity index (χ0n) is 22.5. The quantitative estimate of drug-likeness (QED) is 0.386. The van der Waals surface area contributed by atoms with Crippen LogP contribution in [0.25, 0.3) is 11.0 Å². The fourth-order valence-electron chi connectivity index (χ4n) is 5.80. The molecule has 9 heteroatoms. The van der Waals surface area contributed by atoms with Crippen molar-refractivity contribution in [2.45, 2.75) is 63.3 Å². The number of piperidine rings is 1. The molecular weight excluding hydrogens is 508 g/mol. The van der Waals surface area contributed by atoms with Crippen LogP contribution in [0.1, 0.15) is 68.3 Å². The summed E-state index contributed by atoms with van der Waals surface area (Å²) in [5.74, 6) is -0.414. The van der Waals surface area contributed by atoms with Crippen LogP contribution >= 0.6 is 0 Å². The standard InChI is InChI=1S/C31H34N4O5/c36-23-8-6-16-35(19-23)25-13-12-22(18-24(25)33-28(37)20-10-11-20)32-30(39)31(14-4-1-5-15-31)34-29(38)27-17-21-7-2-3-9-26(21)40-27/h2-3,7,9,12-13,17-18,20H,1,4-6,8,10-11,14-16,19H2,(H,32,39)(H,33,37)(H,34,38). The third kappa shape index (κ3) is 5.46. The molecule has 1 saturated heterocycles. The lowest BCUT2D eigenvalue weighted by Crippen LogP contribution is -2.57. The monoisotopic (exact) mass is 542 g/mol. The van der Waals surface area contributed by atoms with Crippen LogP contribution in [0.4, 0.5) is 17.1 Å². The second-order valence-corrected chi connectivity index (χ2v) is 11.3. The molecule has 0 bridgehead atoms. The molecule has 40 heavy (non-hydrogen) atoms. The molecule has 2 saturated carbocycles. The summed E-state index contributed by atoms with van der Waals surface area (Å²) in [6.45, 7) is 1.02. The minimum Gasteiger partial charge on any atom is -0.451 e. The van der Waals surface area contributed by atoms with Crippen LogP contribution in [0, 0.1) is 5.92 Å². The summed E-state index contributed by atoms with van der Waals surface area (Å²) >= 11 is 0. The highest BCUT2D eigenvalue weighted by Crippen LogP contribution is 2.36. The first kappa shape index (κ1) is 26.1. The van der Waals surface area contributed by atoms with Gasteiger partial charge in [0.1, 0.15) is 11.1 Å². The Bertz CT molecular complexity index is 1430. The molecule has 3 aromatic rings. The van der Waals surface area contributed by atoms with Crippen molar-refractivity contribution in [2.75, 3.05) is 28.6 Å². The smallest absolute Gasteiger partial charge is 0.287 e. The van der Waals surface area contributed by atoms with Gasteiger partial charge in [-0.1, -0.05) is 37.5 Å². The summed E-state index contributed by atoms with van der Waals surface area (Å²) in [5.41, 5.74) is 1.40. The number of nitrogens with one attached hydrogen (secondary N) is 3. The van der Waals surface area contributed by atoms with E-state index in [4.69, 9.17) is 4.42 Å². The Morgan fingerprint density at radius 3 is 2.48 bits per heavy atom. The molecule has 9 nitrogen and oxygen atoms in total. The minimum atomic E-state index is -1.08. The summed E-state index contributed by atoms with van der Waals surface area (Å²) in [4.78, 5) is 53.9. The second-order valence-electron chi connectivity index (χ2n) is 11.3. The van der Waals surface area contributed by atoms with Gasteiger partial charge in [0, 0.05) is 30.0 Å². The van der Waals surface area contributed by atoms with Crippen LogP contribution in [-0.4, -0.2) is 42.1 Å². The average molecular weight is 543 g/mol. The summed E-state index contributed by atoms with van der Waals surface area (Å²) in [6.07, 6.45) is 6.73. The first-order valence-corrected chi connectivity index (χ1v) is 14.2. The number of fused-ring (bicyclic) bond motifs is 1. The van der Waals surface area contributed by atoms with Gasteiger partial charge in [-0.3, -0.25) is 19.2 Å². The molecule has 2 heterocycles. The van der Waals surface area contributed by atoms with E-state index in [0.717, 1.165) is 56.1 Å². The Labute approximate surface area is 232 Å². The van der Waals surface area contributed by atoms with Crippen molar-refractivity contribution in [3.05, 3.63) is 54.3 Å². The molecule has 3 fully saturated rings. The van der Waals surface area contributed by atoms with Crippen LogP contribution in [0.2, 0.25) is 0 Å². The molecule has 0 spiro atoms. The third-order valence-electron chi connectivity index (χ3n) is 8.20. The first-order chi connectivity index (χ1) is 19.4. The van der Waals surface area contributed by atoms with Crippen LogP contribution < -0.4 is 20.9 Å². The summed E-state index contributed by atoms with van der Waals surface area (Å²) < 4.78 is 5.76. The van der Waals surface area contributed by atoms with Gasteiger partial charge in [0.15, 0.2) is 11.5 Å². The lowest BCUT2D eigenvalue weighted by atomic mass is 9.80. The second kappa shape index (κ2) is 10.8. The predicted molar refractivity (Wildman–Crippen MR) is 152 cm³/mol. The number of furan rings is 1. The molecule has 2 aliphatic carbocycles. The number of carbonyl (C=O) groups excluding carboxylic acids is 4. The molecule has 2 aromatic carbocycles. The number of amides is 3. The van der Waals surface area contributed by atoms with Crippen molar-refractivity contribution in [1.29, 1.82) is 0 Å². The molecule has 0 atom stereocenters. The molecule has 1 aliphatic heterocycles. The number of para-hydroxylation sites is 1. The van der Waals surface area contributed by atoms with Gasteiger partial charge in [-0.2, -0.15) is 0 Å². The van der Waals surface area contributed by atoms with E-state index in [1.807, 2.05) is 29.2 Å². The first-order valence-electron chi connectivity index (χ1n) is 14.2. The number of rotatable bonds is 7. The number of carbonyl (C=O) groups is 4. The minimum absolute atomic E-state index is 0.00746. The number of hydrogen-bond acceptors (Lipinski definition) is 6. The number of ketones is 1. The maximum Gasteiger partial charge on any atom is 0.287 e. The van der Waals surface area contributed by atoms with E-state index in [9.17, 15) is 19.2 Å². The largest absolute Gasteiger partial charge is 0.451 e. The van der Waals surface area contributed by atoms with Crippen molar-refractivity contribution < 1.29 is 23.6 Å². The Kier molecular flexibility index (Phi) is 7.04. The molecule has 0 unspecified atom stereocenters. The topological polar surface area (TPSA) is 121 Å².